The van der Waals surface area contributed by atoms with Gasteiger partial charge in [0.25, 0.3) is 5.91 Å². The average Bonchev–Trinajstić information content (AvgIpc) is 2.59. The monoisotopic (exact) mass is 212 g/mol. The first-order chi connectivity index (χ1) is 7.07. The van der Waals surface area contributed by atoms with E-state index in [9.17, 15) is 4.79 Å². The number of rotatable bonds is 4. The van der Waals surface area contributed by atoms with Crippen LogP contribution in [0.2, 0.25) is 0 Å². The van der Waals surface area contributed by atoms with Crippen molar-refractivity contribution in [3.8, 4) is 0 Å². The fraction of sp³-hybridized carbons (Fsp3) is 0.600. The molecule has 0 fully saturated rings. The summed E-state index contributed by atoms with van der Waals surface area (Å²) in [5.41, 5.74) is 0.456. The molecule has 0 saturated carbocycles. The molecule has 1 rings (SSSR count). The summed E-state index contributed by atoms with van der Waals surface area (Å²) in [4.78, 5) is 13.6. The minimum Gasteiger partial charge on any atom is -0.395 e. The number of amides is 1. The van der Waals surface area contributed by atoms with Gasteiger partial charge < -0.3 is 14.5 Å². The zero-order valence-corrected chi connectivity index (χ0v) is 9.23. The summed E-state index contributed by atoms with van der Waals surface area (Å²) in [7, 11) is 0. The SMILES string of the molecule is Cc1oncc1C(=O)N(CCO)C(C)C. The Kier molecular flexibility index (Phi) is 3.85. The highest BCUT2D eigenvalue weighted by atomic mass is 16.5. The smallest absolute Gasteiger partial charge is 0.259 e. The standard InChI is InChI=1S/C10H16N2O3/c1-7(2)12(4-5-13)10(14)9-6-11-15-8(9)3/h6-7,13H,4-5H2,1-3H3. The van der Waals surface area contributed by atoms with Crippen molar-refractivity contribution in [3.05, 3.63) is 17.5 Å². The van der Waals surface area contributed by atoms with Gasteiger partial charge in [0.15, 0.2) is 0 Å². The molecule has 1 amide bonds. The number of hydrogen-bond donors (Lipinski definition) is 1. The second-order valence-electron chi connectivity index (χ2n) is 3.61. The van der Waals surface area contributed by atoms with Crippen molar-refractivity contribution in [3.63, 3.8) is 0 Å². The molecule has 0 bridgehead atoms. The molecule has 0 aliphatic carbocycles. The van der Waals surface area contributed by atoms with Crippen LogP contribution >= 0.6 is 0 Å². The van der Waals surface area contributed by atoms with Crippen LogP contribution in [0.15, 0.2) is 10.7 Å². The van der Waals surface area contributed by atoms with Gasteiger partial charge in [-0.05, 0) is 20.8 Å². The van der Waals surface area contributed by atoms with Crippen LogP contribution in [0.25, 0.3) is 0 Å². The van der Waals surface area contributed by atoms with E-state index < -0.39 is 0 Å². The van der Waals surface area contributed by atoms with Gasteiger partial charge in [0.2, 0.25) is 0 Å². The van der Waals surface area contributed by atoms with Crippen LogP contribution < -0.4 is 0 Å². The van der Waals surface area contributed by atoms with Crippen LogP contribution in [0.5, 0.6) is 0 Å². The lowest BCUT2D eigenvalue weighted by molar-refractivity contribution is 0.0663. The lowest BCUT2D eigenvalue weighted by Crippen LogP contribution is -2.39. The summed E-state index contributed by atoms with van der Waals surface area (Å²) >= 11 is 0. The van der Waals surface area contributed by atoms with Gasteiger partial charge in [-0.15, -0.1) is 0 Å². The average molecular weight is 212 g/mol. The molecule has 0 aliphatic heterocycles. The maximum Gasteiger partial charge on any atom is 0.259 e. The van der Waals surface area contributed by atoms with Crippen molar-refractivity contribution in [2.75, 3.05) is 13.2 Å². The van der Waals surface area contributed by atoms with Crippen molar-refractivity contribution in [2.24, 2.45) is 0 Å². The second-order valence-corrected chi connectivity index (χ2v) is 3.61. The van der Waals surface area contributed by atoms with E-state index in [1.54, 1.807) is 11.8 Å². The van der Waals surface area contributed by atoms with E-state index in [1.807, 2.05) is 13.8 Å². The quantitative estimate of drug-likeness (QED) is 0.802. The number of aliphatic hydroxyl groups excluding tert-OH is 1. The lowest BCUT2D eigenvalue weighted by Gasteiger charge is -2.25. The summed E-state index contributed by atoms with van der Waals surface area (Å²) in [6.07, 6.45) is 1.41. The van der Waals surface area contributed by atoms with Gasteiger partial charge in [0.05, 0.1) is 12.8 Å². The minimum atomic E-state index is -0.155. The van der Waals surface area contributed by atoms with Crippen LogP contribution in [0.1, 0.15) is 30.0 Å². The summed E-state index contributed by atoms with van der Waals surface area (Å²) in [5.74, 6) is 0.349. The fourth-order valence-corrected chi connectivity index (χ4v) is 1.36. The van der Waals surface area contributed by atoms with E-state index in [1.165, 1.54) is 6.20 Å². The van der Waals surface area contributed by atoms with Crippen LogP contribution in [0, 0.1) is 6.92 Å². The third kappa shape index (κ3) is 2.56. The normalized spacial score (nSPS) is 10.7. The molecule has 0 atom stereocenters. The summed E-state index contributed by atoms with van der Waals surface area (Å²) < 4.78 is 4.83. The molecule has 0 radical (unpaired) electrons. The van der Waals surface area contributed by atoms with E-state index in [0.29, 0.717) is 17.9 Å². The van der Waals surface area contributed by atoms with Gasteiger partial charge in [-0.3, -0.25) is 4.79 Å². The first-order valence-corrected chi connectivity index (χ1v) is 4.91. The van der Waals surface area contributed by atoms with Gasteiger partial charge in [0.1, 0.15) is 11.3 Å². The molecule has 15 heavy (non-hydrogen) atoms. The predicted octanol–water partition coefficient (Wildman–Crippen LogP) is 0.826. The van der Waals surface area contributed by atoms with E-state index in [-0.39, 0.29) is 18.6 Å². The Morgan fingerprint density at radius 3 is 2.73 bits per heavy atom. The number of aliphatic hydroxyl groups is 1. The van der Waals surface area contributed by atoms with Crippen molar-refractivity contribution >= 4 is 5.91 Å². The fourth-order valence-electron chi connectivity index (χ4n) is 1.36. The third-order valence-corrected chi connectivity index (χ3v) is 2.21. The molecule has 5 heteroatoms. The van der Waals surface area contributed by atoms with Crippen LogP contribution in [-0.4, -0.2) is 40.3 Å². The number of hydrogen-bond acceptors (Lipinski definition) is 4. The molecule has 0 unspecified atom stereocenters. The highest BCUT2D eigenvalue weighted by Crippen LogP contribution is 2.11. The van der Waals surface area contributed by atoms with Crippen molar-refractivity contribution in [1.82, 2.24) is 10.1 Å². The maximum atomic E-state index is 12.0. The maximum absolute atomic E-state index is 12.0. The molecule has 1 aromatic heterocycles. The Labute approximate surface area is 88.7 Å². The first-order valence-electron chi connectivity index (χ1n) is 4.91. The molecular formula is C10H16N2O3. The highest BCUT2D eigenvalue weighted by molar-refractivity contribution is 5.94. The highest BCUT2D eigenvalue weighted by Gasteiger charge is 2.21. The first kappa shape index (κ1) is 11.7. The molecule has 1 aromatic rings. The Bertz CT molecular complexity index is 333. The van der Waals surface area contributed by atoms with Crippen LogP contribution in [0.3, 0.4) is 0 Å². The molecule has 84 valence electrons. The van der Waals surface area contributed by atoms with Crippen molar-refractivity contribution in [2.45, 2.75) is 26.8 Å². The number of aromatic nitrogens is 1. The Morgan fingerprint density at radius 1 is 1.67 bits per heavy atom. The van der Waals surface area contributed by atoms with Crippen molar-refractivity contribution in [1.29, 1.82) is 0 Å². The number of aryl methyl sites for hydroxylation is 1. The van der Waals surface area contributed by atoms with Crippen LogP contribution in [0.4, 0.5) is 0 Å². The molecule has 1 N–H and O–H groups in total. The second kappa shape index (κ2) is 4.93. The molecule has 0 spiro atoms. The molecule has 5 nitrogen and oxygen atoms in total. The Hall–Kier alpha value is -1.36. The van der Waals surface area contributed by atoms with Crippen LogP contribution in [-0.2, 0) is 0 Å². The predicted molar refractivity (Wildman–Crippen MR) is 54.5 cm³/mol. The van der Waals surface area contributed by atoms with Gasteiger partial charge in [-0.2, -0.15) is 0 Å². The number of carbonyl (C=O) groups is 1. The third-order valence-electron chi connectivity index (χ3n) is 2.21. The summed E-state index contributed by atoms with van der Waals surface area (Å²) in [6, 6.07) is 0.0407. The topological polar surface area (TPSA) is 66.6 Å². The zero-order chi connectivity index (χ0) is 11.4. The summed E-state index contributed by atoms with van der Waals surface area (Å²) in [6.45, 7) is 5.76. The number of carbonyl (C=O) groups excluding carboxylic acids is 1. The molecule has 0 aromatic carbocycles. The van der Waals surface area contributed by atoms with Gasteiger partial charge >= 0.3 is 0 Å². The largest absolute Gasteiger partial charge is 0.395 e. The van der Waals surface area contributed by atoms with E-state index in [4.69, 9.17) is 9.63 Å². The molecule has 0 saturated heterocycles. The van der Waals surface area contributed by atoms with Gasteiger partial charge in [0, 0.05) is 12.6 Å². The Morgan fingerprint density at radius 2 is 2.33 bits per heavy atom. The van der Waals surface area contributed by atoms with Crippen molar-refractivity contribution < 1.29 is 14.4 Å². The Balaban J connectivity index is 2.86. The van der Waals surface area contributed by atoms with E-state index in [2.05, 4.69) is 5.16 Å². The zero-order valence-electron chi connectivity index (χ0n) is 9.23. The summed E-state index contributed by atoms with van der Waals surface area (Å²) in [5, 5.41) is 12.4. The van der Waals surface area contributed by atoms with E-state index >= 15 is 0 Å². The molecular weight excluding hydrogens is 196 g/mol. The van der Waals surface area contributed by atoms with Gasteiger partial charge in [-0.25, -0.2) is 0 Å². The number of nitrogens with zero attached hydrogens (tertiary/aromatic N) is 2. The molecule has 0 aliphatic rings. The van der Waals surface area contributed by atoms with Gasteiger partial charge in [-0.1, -0.05) is 5.16 Å². The van der Waals surface area contributed by atoms with E-state index in [0.717, 1.165) is 0 Å². The minimum absolute atomic E-state index is 0.0407. The molecule has 1 heterocycles. The lowest BCUT2D eigenvalue weighted by atomic mass is 10.2.